The molecule has 0 aliphatic carbocycles. The molecule has 0 unspecified atom stereocenters. The maximum atomic E-state index is 12.2. The molecular formula is C14H9Cl2NO2. The van der Waals surface area contributed by atoms with Crippen LogP contribution < -0.4 is 4.90 Å². The molecule has 0 radical (unpaired) electrons. The SMILES string of the molecule is O=C1C[13c]2[13cH][13cH][13cH][13cH][13c]2N1c1c(Cl)cc(O)cc1Cl. The van der Waals surface area contributed by atoms with Crippen molar-refractivity contribution >= 4 is 40.5 Å². The third-order valence-electron chi connectivity index (χ3n) is 3.05. The van der Waals surface area contributed by atoms with Gasteiger partial charge in [0.2, 0.25) is 5.91 Å². The molecule has 3 nitrogen and oxygen atoms in total. The second kappa shape index (κ2) is 4.44. The number of halogens is 2. The Hall–Kier alpha value is -1.71. The molecule has 1 aliphatic heterocycles. The number of amides is 1. The minimum atomic E-state index is -0.0873. The zero-order valence-electron chi connectivity index (χ0n) is 9.73. The van der Waals surface area contributed by atoms with Gasteiger partial charge in [0.1, 0.15) is 5.75 Å². The number of carbonyl (C=O) groups is 1. The lowest BCUT2D eigenvalue weighted by atomic mass is 10.3. The number of nitrogens with zero attached hydrogens (tertiary/aromatic N) is 1. The maximum absolute atomic E-state index is 12.2. The van der Waals surface area contributed by atoms with Crippen LogP contribution in [0.2, 0.25) is 10.0 Å². The number of fused-ring (bicyclic) bond motifs is 1. The third-order valence-corrected chi connectivity index (χ3v) is 3.63. The first kappa shape index (κ1) is 12.3. The van der Waals surface area contributed by atoms with Crippen molar-refractivity contribution in [1.82, 2.24) is 0 Å². The van der Waals surface area contributed by atoms with Gasteiger partial charge < -0.3 is 5.11 Å². The van der Waals surface area contributed by atoms with Crippen LogP contribution in [-0.2, 0) is 11.2 Å². The quantitative estimate of drug-likeness (QED) is 0.867. The lowest BCUT2D eigenvalue weighted by Gasteiger charge is -2.20. The van der Waals surface area contributed by atoms with E-state index in [0.717, 1.165) is 11.3 Å². The summed E-state index contributed by atoms with van der Waals surface area (Å²) in [6.07, 6.45) is 0.323. The third kappa shape index (κ3) is 1.95. The molecule has 5 heteroatoms. The van der Waals surface area contributed by atoms with Crippen molar-refractivity contribution in [3.63, 3.8) is 0 Å². The monoisotopic (exact) mass is 299 g/mol. The highest BCUT2D eigenvalue weighted by molar-refractivity contribution is 6.40. The van der Waals surface area contributed by atoms with Gasteiger partial charge in [0, 0.05) is 12.1 Å². The molecular weight excluding hydrogens is 291 g/mol. The number of benzene rings is 2. The Labute approximate surface area is 120 Å². The predicted octanol–water partition coefficient (Wildman–Crippen LogP) is 3.92. The largest absolute Gasteiger partial charge is 0.508 e. The highest BCUT2D eigenvalue weighted by Crippen LogP contribution is 2.44. The number of para-hydroxylation sites is 1. The number of aromatic hydroxyl groups is 1. The fourth-order valence-electron chi connectivity index (χ4n) is 2.27. The second-order valence-corrected chi connectivity index (χ2v) is 5.11. The van der Waals surface area contributed by atoms with Crippen LogP contribution in [0, 0.1) is 0 Å². The zero-order valence-corrected chi connectivity index (χ0v) is 11.2. The van der Waals surface area contributed by atoms with Crippen molar-refractivity contribution in [2.24, 2.45) is 0 Å². The summed E-state index contributed by atoms with van der Waals surface area (Å²) in [5.41, 5.74) is 2.13. The number of rotatable bonds is 1. The average molecular weight is 300 g/mol. The topological polar surface area (TPSA) is 40.5 Å². The molecule has 0 spiro atoms. The van der Waals surface area contributed by atoms with E-state index in [4.69, 9.17) is 23.2 Å². The van der Waals surface area contributed by atoms with Gasteiger partial charge in [-0.15, -0.1) is 0 Å². The first-order valence-corrected chi connectivity index (χ1v) is 6.42. The molecule has 2 aromatic carbocycles. The molecule has 19 heavy (non-hydrogen) atoms. The van der Waals surface area contributed by atoms with Crippen LogP contribution in [0.3, 0.4) is 0 Å². The van der Waals surface area contributed by atoms with E-state index < -0.39 is 0 Å². The standard InChI is InChI=1S/C14H9Cl2NO2/c15-10-6-9(18)7-11(16)14(10)17-12-4-2-1-3-8(12)5-13(17)19/h1-4,6-7,18H,5H2/i1+1,2+1,3+1,4+1,8+1,12+1. The summed E-state index contributed by atoms with van der Waals surface area (Å²) in [4.78, 5) is 13.7. The molecule has 1 heterocycles. The fourth-order valence-corrected chi connectivity index (χ4v) is 2.91. The van der Waals surface area contributed by atoms with Gasteiger partial charge in [-0.2, -0.15) is 0 Å². The average Bonchev–Trinajstić information content (AvgIpc) is 2.65. The van der Waals surface area contributed by atoms with E-state index in [1.54, 1.807) is 0 Å². The van der Waals surface area contributed by atoms with Gasteiger partial charge in [-0.1, -0.05) is 41.4 Å². The van der Waals surface area contributed by atoms with Crippen molar-refractivity contribution < 1.29 is 9.90 Å². The van der Waals surface area contributed by atoms with Gasteiger partial charge in [0.15, 0.2) is 0 Å². The Balaban J connectivity index is 2.21. The molecule has 0 saturated carbocycles. The zero-order chi connectivity index (χ0) is 13.6. The summed E-state index contributed by atoms with van der Waals surface area (Å²) >= 11 is 12.2. The van der Waals surface area contributed by atoms with Crippen molar-refractivity contribution in [3.8, 4) is 5.75 Å². The predicted molar refractivity (Wildman–Crippen MR) is 75.4 cm³/mol. The van der Waals surface area contributed by atoms with Crippen LogP contribution in [0.25, 0.3) is 0 Å². The minimum absolute atomic E-state index is 0.0290. The van der Waals surface area contributed by atoms with E-state index in [1.165, 1.54) is 17.0 Å². The smallest absolute Gasteiger partial charge is 0.236 e. The molecule has 0 aromatic heterocycles. The summed E-state index contributed by atoms with van der Waals surface area (Å²) in [5, 5.41) is 9.94. The van der Waals surface area contributed by atoms with E-state index in [0.29, 0.717) is 12.1 Å². The van der Waals surface area contributed by atoms with Gasteiger partial charge >= 0.3 is 0 Å². The van der Waals surface area contributed by atoms with Crippen LogP contribution in [0.1, 0.15) is 5.56 Å². The molecule has 1 N–H and O–H groups in total. The van der Waals surface area contributed by atoms with Crippen molar-refractivity contribution in [3.05, 3.63) is 52.0 Å². The van der Waals surface area contributed by atoms with Crippen LogP contribution in [0.15, 0.2) is 36.4 Å². The van der Waals surface area contributed by atoms with Crippen molar-refractivity contribution in [2.75, 3.05) is 4.90 Å². The van der Waals surface area contributed by atoms with Crippen LogP contribution in [-0.4, -0.2) is 11.0 Å². The van der Waals surface area contributed by atoms with Gasteiger partial charge in [0.25, 0.3) is 0 Å². The van der Waals surface area contributed by atoms with E-state index in [-0.39, 0.29) is 21.7 Å². The summed E-state index contributed by atoms with van der Waals surface area (Å²) in [7, 11) is 0. The second-order valence-electron chi connectivity index (χ2n) is 4.29. The summed E-state index contributed by atoms with van der Waals surface area (Å²) in [6, 6.07) is 10.2. The number of phenols is 1. The van der Waals surface area contributed by atoms with Crippen LogP contribution >= 0.6 is 23.2 Å². The Morgan fingerprint density at radius 3 is 2.42 bits per heavy atom. The molecule has 0 saturated heterocycles. The number of anilines is 2. The molecule has 3 rings (SSSR count). The first-order chi connectivity index (χ1) is 9.08. The maximum Gasteiger partial charge on any atom is 0.236 e. The molecule has 1 amide bonds. The molecule has 0 fully saturated rings. The van der Waals surface area contributed by atoms with Gasteiger partial charge in [-0.25, -0.2) is 0 Å². The highest BCUT2D eigenvalue weighted by Gasteiger charge is 2.31. The number of hydrogen-bond donors (Lipinski definition) is 1. The Kier molecular flexibility index (Phi) is 2.88. The lowest BCUT2D eigenvalue weighted by molar-refractivity contribution is -0.116. The Bertz CT molecular complexity index is 662. The van der Waals surface area contributed by atoms with Crippen LogP contribution in [0.4, 0.5) is 11.4 Å². The van der Waals surface area contributed by atoms with Crippen molar-refractivity contribution in [1.29, 1.82) is 0 Å². The number of carbonyl (C=O) groups excluding carboxylic acids is 1. The fraction of sp³-hybridized carbons (Fsp3) is 0.0714. The molecule has 1 aliphatic rings. The van der Waals surface area contributed by atoms with E-state index in [9.17, 15) is 9.90 Å². The first-order valence-electron chi connectivity index (χ1n) is 5.67. The molecule has 0 bridgehead atoms. The van der Waals surface area contributed by atoms with E-state index >= 15 is 0 Å². The van der Waals surface area contributed by atoms with Gasteiger partial charge in [-0.3, -0.25) is 9.69 Å². The van der Waals surface area contributed by atoms with Crippen LogP contribution in [0.5, 0.6) is 5.75 Å². The highest BCUT2D eigenvalue weighted by atomic mass is 35.5. The van der Waals surface area contributed by atoms with Gasteiger partial charge in [0.05, 0.1) is 27.8 Å². The normalized spacial score (nSPS) is 13.8. The molecule has 0 atom stereocenters. The lowest BCUT2D eigenvalue weighted by Crippen LogP contribution is -2.21. The minimum Gasteiger partial charge on any atom is -0.508 e. The molecule has 2 aromatic rings. The Morgan fingerprint density at radius 2 is 1.74 bits per heavy atom. The number of hydrogen-bond acceptors (Lipinski definition) is 2. The number of phenolic OH excluding ortho intramolecular Hbond substituents is 1. The summed E-state index contributed by atoms with van der Waals surface area (Å²) in [6.45, 7) is 0. The Morgan fingerprint density at radius 1 is 1.11 bits per heavy atom. The van der Waals surface area contributed by atoms with Crippen molar-refractivity contribution in [2.45, 2.75) is 6.42 Å². The summed E-state index contributed by atoms with van der Waals surface area (Å²) in [5.74, 6) is -0.116. The van der Waals surface area contributed by atoms with E-state index in [2.05, 4.69) is 0 Å². The molecule has 96 valence electrons. The summed E-state index contributed by atoms with van der Waals surface area (Å²) < 4.78 is 0. The van der Waals surface area contributed by atoms with E-state index in [1.807, 2.05) is 24.3 Å². The van der Waals surface area contributed by atoms with Gasteiger partial charge in [-0.05, 0) is 11.6 Å².